The summed E-state index contributed by atoms with van der Waals surface area (Å²) in [4.78, 5) is 28.4. The number of nitrogens with zero attached hydrogens (tertiary/aromatic N) is 1. The maximum Gasteiger partial charge on any atom is 0.295 e. The summed E-state index contributed by atoms with van der Waals surface area (Å²) in [5, 5.41) is 11.0. The van der Waals surface area contributed by atoms with Gasteiger partial charge in [0.05, 0.1) is 45.9 Å². The van der Waals surface area contributed by atoms with E-state index >= 15 is 0 Å². The molecule has 0 aromatic heterocycles. The van der Waals surface area contributed by atoms with Crippen molar-refractivity contribution in [2.75, 3.05) is 34.3 Å². The molecule has 0 aliphatic carbocycles. The lowest BCUT2D eigenvalue weighted by molar-refractivity contribution is -0.857. The zero-order chi connectivity index (χ0) is 20.3. The number of ether oxygens (including phenoxy) is 1. The molecule has 3 rings (SSSR count). The number of ketones is 1. The summed E-state index contributed by atoms with van der Waals surface area (Å²) in [6, 6.07) is 15.5. The highest BCUT2D eigenvalue weighted by molar-refractivity contribution is 6.46. The predicted octanol–water partition coefficient (Wildman–Crippen LogP) is 1.26. The average molecular weight is 381 g/mol. The number of aliphatic hydroxyl groups excluding tert-OH is 1. The quantitative estimate of drug-likeness (QED) is 0.449. The third-order valence-electron chi connectivity index (χ3n) is 4.85. The highest BCUT2D eigenvalue weighted by atomic mass is 16.5. The second kappa shape index (κ2) is 8.27. The number of carbonyl (C=O) groups excluding carboxylic acids is 2. The minimum atomic E-state index is -0.664. The molecule has 1 heterocycles. The van der Waals surface area contributed by atoms with E-state index < -0.39 is 17.7 Å². The van der Waals surface area contributed by atoms with Crippen molar-refractivity contribution in [1.29, 1.82) is 0 Å². The Morgan fingerprint density at radius 1 is 1.11 bits per heavy atom. The zero-order valence-electron chi connectivity index (χ0n) is 16.3. The van der Waals surface area contributed by atoms with E-state index in [4.69, 9.17) is 4.74 Å². The summed E-state index contributed by atoms with van der Waals surface area (Å²) in [5.74, 6) is -0.876. The van der Waals surface area contributed by atoms with Crippen molar-refractivity contribution in [3.05, 3.63) is 71.3 Å². The zero-order valence-corrected chi connectivity index (χ0v) is 16.3. The van der Waals surface area contributed by atoms with Crippen LogP contribution in [-0.4, -0.2) is 56.0 Å². The second-order valence-corrected chi connectivity index (χ2v) is 7.09. The molecule has 6 heteroatoms. The van der Waals surface area contributed by atoms with Crippen LogP contribution < -0.4 is 9.64 Å². The van der Waals surface area contributed by atoms with Gasteiger partial charge in [-0.3, -0.25) is 9.59 Å². The maximum absolute atomic E-state index is 12.9. The molecule has 1 amide bonds. The topological polar surface area (TPSA) is 71.3 Å². The highest BCUT2D eigenvalue weighted by Crippen LogP contribution is 2.39. The van der Waals surface area contributed by atoms with Gasteiger partial charge in [-0.1, -0.05) is 42.5 Å². The third kappa shape index (κ3) is 3.77. The van der Waals surface area contributed by atoms with Crippen molar-refractivity contribution >= 4 is 17.4 Å². The molecule has 1 fully saturated rings. The Kier molecular flexibility index (Phi) is 5.80. The molecule has 0 unspecified atom stereocenters. The van der Waals surface area contributed by atoms with Gasteiger partial charge in [-0.2, -0.15) is 0 Å². The van der Waals surface area contributed by atoms with E-state index in [9.17, 15) is 14.7 Å². The summed E-state index contributed by atoms with van der Waals surface area (Å²) >= 11 is 0. The smallest absolute Gasteiger partial charge is 0.295 e. The normalized spacial score (nSPS) is 18.7. The fraction of sp³-hybridized carbons (Fsp3) is 0.273. The second-order valence-electron chi connectivity index (χ2n) is 7.09. The van der Waals surface area contributed by atoms with Gasteiger partial charge >= 0.3 is 0 Å². The van der Waals surface area contributed by atoms with Crippen LogP contribution in [0.4, 0.5) is 0 Å². The van der Waals surface area contributed by atoms with Crippen LogP contribution in [-0.2, 0) is 9.59 Å². The molecule has 6 nitrogen and oxygen atoms in total. The molecule has 1 saturated heterocycles. The molecular formula is C22H25N2O4+. The summed E-state index contributed by atoms with van der Waals surface area (Å²) in [6.45, 7) is 1.11. The van der Waals surface area contributed by atoms with Gasteiger partial charge in [-0.05, 0) is 17.7 Å². The first-order valence-corrected chi connectivity index (χ1v) is 9.21. The Labute approximate surface area is 164 Å². The van der Waals surface area contributed by atoms with E-state index in [0.29, 0.717) is 24.4 Å². The summed E-state index contributed by atoms with van der Waals surface area (Å²) < 4.78 is 5.21. The van der Waals surface area contributed by atoms with Gasteiger partial charge in [0.1, 0.15) is 11.5 Å². The first-order valence-electron chi connectivity index (χ1n) is 9.21. The molecule has 0 saturated carbocycles. The van der Waals surface area contributed by atoms with Gasteiger partial charge in [-0.15, -0.1) is 0 Å². The molecule has 0 radical (unpaired) electrons. The maximum atomic E-state index is 12.9. The molecule has 1 aliphatic heterocycles. The summed E-state index contributed by atoms with van der Waals surface area (Å²) in [7, 11) is 5.51. The number of Topliss-reactive ketones (excluding diaryl/α,β-unsaturated/α-hetero) is 1. The minimum Gasteiger partial charge on any atom is -0.507 e. The van der Waals surface area contributed by atoms with E-state index in [1.807, 2.05) is 44.4 Å². The molecule has 2 N–H and O–H groups in total. The molecule has 146 valence electrons. The van der Waals surface area contributed by atoms with E-state index in [-0.39, 0.29) is 11.3 Å². The van der Waals surface area contributed by atoms with Crippen LogP contribution in [0.5, 0.6) is 5.75 Å². The lowest BCUT2D eigenvalue weighted by Crippen LogP contribution is -3.06. The Bertz CT molecular complexity index is 906. The number of likely N-dealkylation sites (tertiary alicyclic amines) is 1. The Balaban J connectivity index is 2.13. The number of nitrogens with one attached hydrogen (secondary N) is 1. The number of benzene rings is 2. The van der Waals surface area contributed by atoms with Crippen molar-refractivity contribution in [2.45, 2.75) is 6.04 Å². The molecule has 28 heavy (non-hydrogen) atoms. The Morgan fingerprint density at radius 2 is 1.82 bits per heavy atom. The lowest BCUT2D eigenvalue weighted by atomic mass is 9.95. The first kappa shape index (κ1) is 19.6. The number of hydrogen-bond donors (Lipinski definition) is 2. The van der Waals surface area contributed by atoms with Gasteiger partial charge in [0.15, 0.2) is 0 Å². The van der Waals surface area contributed by atoms with Crippen molar-refractivity contribution in [2.24, 2.45) is 0 Å². The van der Waals surface area contributed by atoms with Gasteiger partial charge in [0, 0.05) is 5.56 Å². The number of aliphatic hydroxyl groups is 1. The molecule has 2 aromatic carbocycles. The van der Waals surface area contributed by atoms with Crippen molar-refractivity contribution in [3.63, 3.8) is 0 Å². The van der Waals surface area contributed by atoms with Crippen molar-refractivity contribution < 1.29 is 24.3 Å². The van der Waals surface area contributed by atoms with Gasteiger partial charge in [0.25, 0.3) is 11.7 Å². The van der Waals surface area contributed by atoms with E-state index in [0.717, 1.165) is 5.56 Å². The van der Waals surface area contributed by atoms with Gasteiger partial charge in [-0.25, -0.2) is 0 Å². The van der Waals surface area contributed by atoms with Crippen molar-refractivity contribution in [3.8, 4) is 5.75 Å². The summed E-state index contributed by atoms with van der Waals surface area (Å²) in [6.07, 6.45) is 0. The van der Waals surface area contributed by atoms with Crippen LogP contribution >= 0.6 is 0 Å². The molecule has 1 atom stereocenters. The van der Waals surface area contributed by atoms with Crippen LogP contribution in [0.2, 0.25) is 0 Å². The van der Waals surface area contributed by atoms with E-state index in [1.54, 1.807) is 29.2 Å². The number of hydrogen-bond acceptors (Lipinski definition) is 4. The van der Waals surface area contributed by atoms with Crippen LogP contribution in [0.25, 0.3) is 5.76 Å². The van der Waals surface area contributed by atoms with Crippen LogP contribution in [0, 0.1) is 0 Å². The SMILES string of the molecule is COc1cccc(C(O)=C2C(=O)C(=O)N(CC[NH+](C)C)[C@H]2c2ccccc2)c1. The van der Waals surface area contributed by atoms with Gasteiger partial charge < -0.3 is 19.6 Å². The predicted molar refractivity (Wildman–Crippen MR) is 106 cm³/mol. The molecule has 0 bridgehead atoms. The number of likely N-dealkylation sites (N-methyl/N-ethyl adjacent to an activating group) is 1. The number of quaternary nitrogens is 1. The standard InChI is InChI=1S/C22H24N2O4/c1-23(2)12-13-24-19(15-8-5-4-6-9-15)18(21(26)22(24)27)20(25)16-10-7-11-17(14-16)28-3/h4-11,14,19,25H,12-13H2,1-3H3/p+1/t19-/m0/s1. The van der Waals surface area contributed by atoms with Crippen LogP contribution in [0.1, 0.15) is 17.2 Å². The number of amides is 1. The Hall–Kier alpha value is -3.12. The minimum absolute atomic E-state index is 0.109. The van der Waals surface area contributed by atoms with Crippen LogP contribution in [0.15, 0.2) is 60.2 Å². The molecular weight excluding hydrogens is 356 g/mol. The summed E-state index contributed by atoms with van der Waals surface area (Å²) in [5.41, 5.74) is 1.34. The van der Waals surface area contributed by atoms with Crippen molar-refractivity contribution in [1.82, 2.24) is 4.90 Å². The molecule has 1 aliphatic rings. The van der Waals surface area contributed by atoms with E-state index in [1.165, 1.54) is 12.0 Å². The fourth-order valence-electron chi connectivity index (χ4n) is 3.36. The number of methoxy groups -OCH3 is 1. The first-order chi connectivity index (χ1) is 13.4. The third-order valence-corrected chi connectivity index (χ3v) is 4.85. The fourth-order valence-corrected chi connectivity index (χ4v) is 3.36. The molecule has 2 aromatic rings. The number of rotatable bonds is 6. The highest BCUT2D eigenvalue weighted by Gasteiger charge is 2.46. The monoisotopic (exact) mass is 381 g/mol. The van der Waals surface area contributed by atoms with Crippen LogP contribution in [0.3, 0.4) is 0 Å². The average Bonchev–Trinajstić information content (AvgIpc) is 2.97. The molecule has 0 spiro atoms. The van der Waals surface area contributed by atoms with E-state index in [2.05, 4.69) is 0 Å². The lowest BCUT2D eigenvalue weighted by Gasteiger charge is -2.25. The largest absolute Gasteiger partial charge is 0.507 e. The number of carbonyl (C=O) groups is 2. The van der Waals surface area contributed by atoms with Gasteiger partial charge in [0.2, 0.25) is 0 Å². The Morgan fingerprint density at radius 3 is 2.46 bits per heavy atom.